The summed E-state index contributed by atoms with van der Waals surface area (Å²) in [6, 6.07) is 6.44. The molecule has 0 bridgehead atoms. The maximum absolute atomic E-state index is 12.7. The monoisotopic (exact) mass is 438 g/mol. The van der Waals surface area contributed by atoms with Gasteiger partial charge in [0.2, 0.25) is 5.91 Å². The topological polar surface area (TPSA) is 87.2 Å². The van der Waals surface area contributed by atoms with Gasteiger partial charge in [0.15, 0.2) is 0 Å². The molecule has 2 amide bonds. The van der Waals surface area contributed by atoms with Crippen LogP contribution in [-0.4, -0.2) is 67.8 Å². The second-order valence-corrected chi connectivity index (χ2v) is 8.66. The molecule has 2 saturated heterocycles. The number of carbonyl (C=O) groups is 3. The van der Waals surface area contributed by atoms with Crippen molar-refractivity contribution in [3.05, 3.63) is 34.7 Å². The molecule has 1 aromatic rings. The summed E-state index contributed by atoms with van der Waals surface area (Å²) in [5.74, 6) is -0.427. The van der Waals surface area contributed by atoms with E-state index in [2.05, 4.69) is 0 Å². The molecule has 0 radical (unpaired) electrons. The van der Waals surface area contributed by atoms with E-state index in [1.54, 1.807) is 6.08 Å². The Morgan fingerprint density at radius 1 is 1.36 bits per heavy atom. The molecule has 2 aliphatic heterocycles. The Morgan fingerprint density at radius 2 is 2.07 bits per heavy atom. The molecule has 28 heavy (non-hydrogen) atoms. The minimum atomic E-state index is -1.04. The van der Waals surface area contributed by atoms with E-state index in [0.29, 0.717) is 23.1 Å². The summed E-state index contributed by atoms with van der Waals surface area (Å²) in [4.78, 5) is 39.4. The highest BCUT2D eigenvalue weighted by molar-refractivity contribution is 8.26. The van der Waals surface area contributed by atoms with E-state index in [0.717, 1.165) is 23.1 Å². The molecule has 2 heterocycles. The lowest BCUT2D eigenvalue weighted by molar-refractivity contribution is -0.148. The van der Waals surface area contributed by atoms with Gasteiger partial charge in [0.1, 0.15) is 22.7 Å². The number of aliphatic carboxylic acids is 1. The van der Waals surface area contributed by atoms with Crippen molar-refractivity contribution in [1.29, 1.82) is 0 Å². The van der Waals surface area contributed by atoms with Crippen molar-refractivity contribution < 1.29 is 24.2 Å². The van der Waals surface area contributed by atoms with Gasteiger partial charge < -0.3 is 14.7 Å². The zero-order chi connectivity index (χ0) is 20.3. The normalized spacial score (nSPS) is 20.9. The smallest absolute Gasteiger partial charge is 0.327 e. The van der Waals surface area contributed by atoms with Crippen molar-refractivity contribution in [1.82, 2.24) is 9.80 Å². The van der Waals surface area contributed by atoms with E-state index < -0.39 is 17.9 Å². The molecule has 1 aromatic carbocycles. The molecular weight excluding hydrogens is 420 g/mol. The second kappa shape index (κ2) is 8.97. The number of carboxylic acids is 1. The van der Waals surface area contributed by atoms with Gasteiger partial charge in [-0.25, -0.2) is 4.79 Å². The second-order valence-electron chi connectivity index (χ2n) is 5.99. The molecule has 0 aromatic heterocycles. The summed E-state index contributed by atoms with van der Waals surface area (Å²) in [5, 5.41) is 9.22. The Bertz CT molecular complexity index is 840. The van der Waals surface area contributed by atoms with E-state index in [4.69, 9.17) is 17.0 Å². The van der Waals surface area contributed by atoms with Crippen LogP contribution in [0.2, 0.25) is 0 Å². The van der Waals surface area contributed by atoms with Crippen molar-refractivity contribution in [3.63, 3.8) is 0 Å². The van der Waals surface area contributed by atoms with E-state index in [9.17, 15) is 19.5 Å². The first kappa shape index (κ1) is 20.7. The van der Waals surface area contributed by atoms with Crippen LogP contribution >= 0.6 is 35.7 Å². The van der Waals surface area contributed by atoms with Crippen LogP contribution < -0.4 is 4.74 Å². The van der Waals surface area contributed by atoms with E-state index in [-0.39, 0.29) is 16.8 Å². The van der Waals surface area contributed by atoms with Crippen LogP contribution in [0.1, 0.15) is 12.5 Å². The molecule has 2 fully saturated rings. The van der Waals surface area contributed by atoms with Crippen LogP contribution in [0.15, 0.2) is 29.2 Å². The van der Waals surface area contributed by atoms with Crippen LogP contribution in [0.4, 0.5) is 0 Å². The molecule has 7 nitrogen and oxygen atoms in total. The molecule has 0 spiro atoms. The van der Waals surface area contributed by atoms with Gasteiger partial charge in [-0.2, -0.15) is 0 Å². The minimum absolute atomic E-state index is 0.254. The molecule has 0 aliphatic carbocycles. The fraction of sp³-hybridized carbons (Fsp3) is 0.333. The molecule has 1 N–H and O–H groups in total. The third kappa shape index (κ3) is 4.50. The number of thiocarbonyl (C=S) groups is 1. The molecule has 3 rings (SSSR count). The minimum Gasteiger partial charge on any atom is -0.494 e. The standard InChI is InChI=1S/C18H18N2O5S3/c1-2-25-12-5-3-11(4-6-12)7-14-16(22)19(18(26)28-14)8-15(21)20-10-27-9-13(20)17(23)24/h3-7,13H,2,8-10H2,1H3,(H,23,24)/b14-7-/t13-/m0/s1. The Kier molecular flexibility index (Phi) is 6.63. The van der Waals surface area contributed by atoms with Crippen molar-refractivity contribution in [3.8, 4) is 5.75 Å². The Morgan fingerprint density at radius 3 is 2.71 bits per heavy atom. The molecule has 2 aliphatic rings. The number of hydrogen-bond donors (Lipinski definition) is 1. The quantitative estimate of drug-likeness (QED) is 0.535. The summed E-state index contributed by atoms with van der Waals surface area (Å²) < 4.78 is 5.68. The first-order valence-corrected chi connectivity index (χ1v) is 10.9. The number of thioether (sulfide) groups is 2. The fourth-order valence-corrected chi connectivity index (χ4v) is 5.16. The molecule has 10 heteroatoms. The predicted octanol–water partition coefficient (Wildman–Crippen LogP) is 2.27. The van der Waals surface area contributed by atoms with Crippen molar-refractivity contribution in [2.75, 3.05) is 24.8 Å². The molecule has 148 valence electrons. The van der Waals surface area contributed by atoms with Crippen LogP contribution in [0.3, 0.4) is 0 Å². The number of carbonyl (C=O) groups excluding carboxylic acids is 2. The van der Waals surface area contributed by atoms with Gasteiger partial charge in [-0.15, -0.1) is 11.8 Å². The SMILES string of the molecule is CCOc1ccc(/C=C2\SC(=S)N(CC(=O)N3CSC[C@H]3C(=O)O)C2=O)cc1. The summed E-state index contributed by atoms with van der Waals surface area (Å²) in [6.45, 7) is 2.22. The highest BCUT2D eigenvalue weighted by Crippen LogP contribution is 2.33. The Labute approximate surface area is 176 Å². The van der Waals surface area contributed by atoms with Crippen molar-refractivity contribution >= 4 is 63.9 Å². The lowest BCUT2D eigenvalue weighted by Gasteiger charge is -2.23. The van der Waals surface area contributed by atoms with Crippen LogP contribution in [0, 0.1) is 0 Å². The average molecular weight is 439 g/mol. The van der Waals surface area contributed by atoms with Crippen LogP contribution in [0.25, 0.3) is 6.08 Å². The van der Waals surface area contributed by atoms with Gasteiger partial charge >= 0.3 is 5.97 Å². The van der Waals surface area contributed by atoms with E-state index in [1.807, 2.05) is 31.2 Å². The number of carboxylic acid groups (broad SMARTS) is 1. The number of ether oxygens (including phenoxy) is 1. The first-order chi connectivity index (χ1) is 13.4. The maximum atomic E-state index is 12.7. The third-order valence-electron chi connectivity index (χ3n) is 4.14. The summed E-state index contributed by atoms with van der Waals surface area (Å²) in [6.07, 6.45) is 1.71. The average Bonchev–Trinajstić information content (AvgIpc) is 3.25. The van der Waals surface area contributed by atoms with Crippen LogP contribution in [-0.2, 0) is 14.4 Å². The van der Waals surface area contributed by atoms with Crippen molar-refractivity contribution in [2.45, 2.75) is 13.0 Å². The number of rotatable bonds is 6. The lowest BCUT2D eigenvalue weighted by Crippen LogP contribution is -2.47. The van der Waals surface area contributed by atoms with Gasteiger partial charge in [-0.05, 0) is 30.7 Å². The van der Waals surface area contributed by atoms with Crippen LogP contribution in [0.5, 0.6) is 5.75 Å². The van der Waals surface area contributed by atoms with Gasteiger partial charge in [0.25, 0.3) is 5.91 Å². The number of amides is 2. The maximum Gasteiger partial charge on any atom is 0.327 e. The van der Waals surface area contributed by atoms with E-state index >= 15 is 0 Å². The number of benzene rings is 1. The van der Waals surface area contributed by atoms with Crippen molar-refractivity contribution in [2.24, 2.45) is 0 Å². The molecule has 0 unspecified atom stereocenters. The number of hydrogen-bond acceptors (Lipinski definition) is 7. The lowest BCUT2D eigenvalue weighted by atomic mass is 10.2. The van der Waals surface area contributed by atoms with Gasteiger partial charge in [-0.3, -0.25) is 14.5 Å². The predicted molar refractivity (Wildman–Crippen MR) is 113 cm³/mol. The fourth-order valence-electron chi connectivity index (χ4n) is 2.73. The first-order valence-electron chi connectivity index (χ1n) is 8.49. The van der Waals surface area contributed by atoms with E-state index in [1.165, 1.54) is 21.6 Å². The summed E-state index contributed by atoms with van der Waals surface area (Å²) in [7, 11) is 0. The number of nitrogens with zero attached hydrogens (tertiary/aromatic N) is 2. The summed E-state index contributed by atoms with van der Waals surface area (Å²) >= 11 is 7.76. The summed E-state index contributed by atoms with van der Waals surface area (Å²) in [5.41, 5.74) is 0.817. The highest BCUT2D eigenvalue weighted by Gasteiger charge is 2.39. The molecule has 0 saturated carbocycles. The Balaban J connectivity index is 1.69. The Hall–Kier alpha value is -2.04. The highest BCUT2D eigenvalue weighted by atomic mass is 32.2. The molecule has 1 atom stereocenters. The zero-order valence-electron chi connectivity index (χ0n) is 15.0. The molecular formula is C18H18N2O5S3. The van der Waals surface area contributed by atoms with Gasteiger partial charge in [0, 0.05) is 5.75 Å². The van der Waals surface area contributed by atoms with Gasteiger partial charge in [0.05, 0.1) is 17.4 Å². The largest absolute Gasteiger partial charge is 0.494 e. The van der Waals surface area contributed by atoms with Gasteiger partial charge in [-0.1, -0.05) is 36.1 Å². The zero-order valence-corrected chi connectivity index (χ0v) is 17.4. The third-order valence-corrected chi connectivity index (χ3v) is 6.53.